The molecule has 2 aliphatic rings. The molecule has 0 N–H and O–H groups in total. The average Bonchev–Trinajstić information content (AvgIpc) is 3.38. The van der Waals surface area contributed by atoms with Gasteiger partial charge < -0.3 is 4.81 Å². The molecule has 3 aromatic carbocycles. The number of imidazole rings is 1. The Kier molecular flexibility index (Phi) is 4.77. The summed E-state index contributed by atoms with van der Waals surface area (Å²) in [5.74, 6) is 2.22. The highest BCUT2D eigenvalue weighted by atomic mass is 15.3. The van der Waals surface area contributed by atoms with Crippen LogP contribution in [0.2, 0.25) is 0 Å². The van der Waals surface area contributed by atoms with E-state index in [-0.39, 0.29) is 6.98 Å². The minimum atomic E-state index is 0.0629. The van der Waals surface area contributed by atoms with Crippen LogP contribution in [-0.4, -0.2) is 11.5 Å². The van der Waals surface area contributed by atoms with E-state index in [9.17, 15) is 0 Å². The number of aromatic nitrogens is 2. The largest absolute Gasteiger partial charge is 0.542 e. The molecule has 0 unspecified atom stereocenters. The lowest BCUT2D eigenvalue weighted by molar-refractivity contribution is -0.523. The Morgan fingerprint density at radius 2 is 1.44 bits per heavy atom. The Hall–Kier alpha value is -3.27. The monoisotopic (exact) mass is 446 g/mol. The van der Waals surface area contributed by atoms with Gasteiger partial charge >= 0.3 is 6.98 Å². The molecular formula is C30H33BN3+. The lowest BCUT2D eigenvalue weighted by Crippen LogP contribution is -2.71. The van der Waals surface area contributed by atoms with Gasteiger partial charge in [0.1, 0.15) is 18.9 Å². The van der Waals surface area contributed by atoms with E-state index < -0.39 is 0 Å². The molecule has 3 nitrogen and oxygen atoms in total. The smallest absolute Gasteiger partial charge is 0.338 e. The molecule has 0 saturated carbocycles. The molecule has 170 valence electrons. The number of rotatable bonds is 4. The van der Waals surface area contributed by atoms with Gasteiger partial charge in [-0.15, -0.1) is 0 Å². The molecule has 34 heavy (non-hydrogen) atoms. The molecule has 4 aromatic rings. The van der Waals surface area contributed by atoms with Crippen LogP contribution < -0.4 is 14.8 Å². The van der Waals surface area contributed by atoms with Crippen LogP contribution in [0.15, 0.2) is 67.0 Å². The molecule has 0 bridgehead atoms. The molecule has 0 atom stereocenters. The third-order valence-electron chi connectivity index (χ3n) is 7.74. The number of benzene rings is 3. The first-order valence-electron chi connectivity index (χ1n) is 12.6. The van der Waals surface area contributed by atoms with Gasteiger partial charge in [0.05, 0.1) is 5.56 Å². The van der Waals surface area contributed by atoms with Crippen molar-refractivity contribution >= 4 is 23.8 Å². The van der Waals surface area contributed by atoms with Crippen molar-refractivity contribution in [1.29, 1.82) is 0 Å². The normalized spacial score (nSPS) is 13.9. The Balaban J connectivity index is 1.75. The minimum Gasteiger partial charge on any atom is -0.338 e. The minimum absolute atomic E-state index is 0.0629. The second-order valence-electron chi connectivity index (χ2n) is 10.6. The van der Waals surface area contributed by atoms with Crippen LogP contribution in [0.4, 0.5) is 11.4 Å². The summed E-state index contributed by atoms with van der Waals surface area (Å²) in [6.07, 6.45) is 4.58. The third kappa shape index (κ3) is 2.87. The van der Waals surface area contributed by atoms with Crippen molar-refractivity contribution in [3.63, 3.8) is 0 Å². The molecule has 3 heterocycles. The van der Waals surface area contributed by atoms with E-state index >= 15 is 0 Å². The van der Waals surface area contributed by atoms with E-state index in [4.69, 9.17) is 0 Å². The molecule has 0 saturated heterocycles. The third-order valence-corrected chi connectivity index (χ3v) is 7.74. The molecule has 0 aliphatic carbocycles. The fourth-order valence-corrected chi connectivity index (χ4v) is 6.26. The van der Waals surface area contributed by atoms with E-state index in [0.29, 0.717) is 11.8 Å². The van der Waals surface area contributed by atoms with Crippen molar-refractivity contribution in [1.82, 2.24) is 4.57 Å². The highest BCUT2D eigenvalue weighted by molar-refractivity contribution is 6.72. The van der Waals surface area contributed by atoms with Crippen molar-refractivity contribution in [3.8, 4) is 11.4 Å². The highest BCUT2D eigenvalue weighted by Gasteiger charge is 2.50. The molecule has 0 spiro atoms. The van der Waals surface area contributed by atoms with Gasteiger partial charge in [-0.05, 0) is 54.0 Å². The van der Waals surface area contributed by atoms with Crippen LogP contribution >= 0.6 is 0 Å². The van der Waals surface area contributed by atoms with Crippen molar-refractivity contribution in [2.24, 2.45) is 0 Å². The van der Waals surface area contributed by atoms with E-state index in [1.165, 1.54) is 56.0 Å². The second-order valence-corrected chi connectivity index (χ2v) is 10.6. The number of nitrogens with zero attached hydrogens (tertiary/aromatic N) is 3. The zero-order valence-electron chi connectivity index (χ0n) is 21.1. The van der Waals surface area contributed by atoms with E-state index in [0.717, 1.165) is 6.54 Å². The van der Waals surface area contributed by atoms with E-state index in [1.54, 1.807) is 0 Å². The molecular weight excluding hydrogens is 413 g/mol. The molecule has 2 aliphatic heterocycles. The highest BCUT2D eigenvalue weighted by Crippen LogP contribution is 2.45. The van der Waals surface area contributed by atoms with Gasteiger partial charge in [0.25, 0.3) is 5.82 Å². The van der Waals surface area contributed by atoms with Gasteiger partial charge in [0, 0.05) is 22.4 Å². The average molecular weight is 446 g/mol. The Labute approximate surface area is 203 Å². The molecule has 4 heteroatoms. The molecule has 0 amide bonds. The van der Waals surface area contributed by atoms with E-state index in [1.807, 2.05) is 0 Å². The predicted molar refractivity (Wildman–Crippen MR) is 143 cm³/mol. The summed E-state index contributed by atoms with van der Waals surface area (Å²) >= 11 is 0. The Morgan fingerprint density at radius 1 is 0.824 bits per heavy atom. The van der Waals surface area contributed by atoms with Gasteiger partial charge in [0.2, 0.25) is 0 Å². The van der Waals surface area contributed by atoms with Gasteiger partial charge in [-0.3, -0.25) is 4.48 Å². The van der Waals surface area contributed by atoms with Crippen LogP contribution in [-0.2, 0) is 6.54 Å². The zero-order chi connectivity index (χ0) is 23.7. The SMILES string of the molecule is Cc1cccc(C)c1N1B(c2c(C(C)C)cccc2C(C)C)[n+]2ccn3c2-c2c(cccc21)C3. The number of hydrogen-bond acceptors (Lipinski definition) is 1. The van der Waals surface area contributed by atoms with E-state index in [2.05, 4.69) is 122 Å². The summed E-state index contributed by atoms with van der Waals surface area (Å²) < 4.78 is 4.97. The van der Waals surface area contributed by atoms with Crippen LogP contribution in [0.3, 0.4) is 0 Å². The standard InChI is InChI=1S/C30H33BN3/c1-19(2)24-13-9-14-25(20(3)4)28(24)31-33-17-16-32-18-23-12-8-15-26(27(23)30(32)33)34(31)29-21(5)10-7-11-22(29)6/h7-17,19-20H,18H2,1-6H3/q+1. The molecule has 1 aromatic heterocycles. The lowest BCUT2D eigenvalue weighted by atomic mass is 9.57. The van der Waals surface area contributed by atoms with Crippen LogP contribution in [0.1, 0.15) is 67.3 Å². The number of para-hydroxylation sites is 1. The number of aryl methyl sites for hydroxylation is 2. The Morgan fingerprint density at radius 3 is 2.09 bits per heavy atom. The topological polar surface area (TPSA) is 12.1 Å². The van der Waals surface area contributed by atoms with Gasteiger partial charge in [-0.25, -0.2) is 4.57 Å². The fraction of sp³-hybridized carbons (Fsp3) is 0.300. The van der Waals surface area contributed by atoms with Crippen molar-refractivity contribution in [3.05, 3.63) is 94.8 Å². The van der Waals surface area contributed by atoms with Crippen LogP contribution in [0.25, 0.3) is 11.4 Å². The number of anilines is 2. The molecule has 0 radical (unpaired) electrons. The summed E-state index contributed by atoms with van der Waals surface area (Å²) in [6, 6.07) is 20.5. The zero-order valence-corrected chi connectivity index (χ0v) is 21.1. The predicted octanol–water partition coefficient (Wildman–Crippen LogP) is 6.06. The summed E-state index contributed by atoms with van der Waals surface area (Å²) in [7, 11) is 0. The lowest BCUT2D eigenvalue weighted by Gasteiger charge is -2.37. The quantitative estimate of drug-likeness (QED) is 0.306. The molecule has 0 fully saturated rings. The van der Waals surface area contributed by atoms with Gasteiger partial charge in [-0.2, -0.15) is 0 Å². The maximum Gasteiger partial charge on any atom is 0.542 e. The first kappa shape index (κ1) is 21.3. The maximum absolute atomic E-state index is 2.64. The fourth-order valence-electron chi connectivity index (χ4n) is 6.26. The van der Waals surface area contributed by atoms with Crippen molar-refractivity contribution in [2.45, 2.75) is 59.9 Å². The van der Waals surface area contributed by atoms with Crippen molar-refractivity contribution < 1.29 is 4.48 Å². The first-order chi connectivity index (χ1) is 16.4. The van der Waals surface area contributed by atoms with Gasteiger partial charge in [-0.1, -0.05) is 76.2 Å². The summed E-state index contributed by atoms with van der Waals surface area (Å²) in [6.45, 7) is 14.8. The van der Waals surface area contributed by atoms with Crippen LogP contribution in [0, 0.1) is 13.8 Å². The summed E-state index contributed by atoms with van der Waals surface area (Å²) in [4.78, 5) is 2.64. The Bertz CT molecular complexity index is 1380. The maximum atomic E-state index is 2.64. The second kappa shape index (κ2) is 7.63. The van der Waals surface area contributed by atoms with Gasteiger partial charge in [0.15, 0.2) is 0 Å². The first-order valence-corrected chi connectivity index (χ1v) is 12.6. The number of hydrogen-bond donors (Lipinski definition) is 0. The summed E-state index contributed by atoms with van der Waals surface area (Å²) in [5.41, 5.74) is 12.4. The van der Waals surface area contributed by atoms with Crippen LogP contribution in [0.5, 0.6) is 0 Å². The van der Waals surface area contributed by atoms with Crippen molar-refractivity contribution in [2.75, 3.05) is 4.81 Å². The molecule has 6 rings (SSSR count). The summed E-state index contributed by atoms with van der Waals surface area (Å²) in [5, 5.41) is 0.